The van der Waals surface area contributed by atoms with E-state index < -0.39 is 22.2 Å². The molecule has 2 aliphatic heterocycles. The minimum absolute atomic E-state index is 0.0284. The topological polar surface area (TPSA) is 106 Å². The van der Waals surface area contributed by atoms with Crippen LogP contribution in [0.3, 0.4) is 0 Å². The summed E-state index contributed by atoms with van der Waals surface area (Å²) in [6.45, 7) is 0.0284. The molecule has 4 rings (SSSR count). The fourth-order valence-corrected chi connectivity index (χ4v) is 4.02. The molecule has 0 atom stereocenters. The number of sulfonamides is 1. The maximum absolute atomic E-state index is 13.0. The number of fused-ring (bicyclic) bond motifs is 2. The number of hydrogen-bond donors (Lipinski definition) is 2. The molecule has 1 amide bonds. The van der Waals surface area contributed by atoms with Crippen LogP contribution in [0.15, 0.2) is 52.4 Å². The van der Waals surface area contributed by atoms with Crippen LogP contribution in [0.25, 0.3) is 0 Å². The Kier molecular flexibility index (Phi) is 4.18. The van der Waals surface area contributed by atoms with Gasteiger partial charge in [-0.1, -0.05) is 12.1 Å². The zero-order valence-corrected chi connectivity index (χ0v) is 14.9. The summed E-state index contributed by atoms with van der Waals surface area (Å²) in [5.74, 6) is -0.556. The maximum atomic E-state index is 13.0. The lowest BCUT2D eigenvalue weighted by molar-refractivity contribution is -0.286. The summed E-state index contributed by atoms with van der Waals surface area (Å²) in [6.07, 6.45) is -3.77. The van der Waals surface area contributed by atoms with E-state index in [0.29, 0.717) is 5.56 Å². The van der Waals surface area contributed by atoms with Crippen LogP contribution in [0, 0.1) is 0 Å². The van der Waals surface area contributed by atoms with Gasteiger partial charge in [-0.25, -0.2) is 8.42 Å². The molecule has 2 aliphatic rings. The molecule has 11 heteroatoms. The van der Waals surface area contributed by atoms with Crippen molar-refractivity contribution in [3.8, 4) is 11.5 Å². The molecule has 0 fully saturated rings. The van der Waals surface area contributed by atoms with E-state index in [1.54, 1.807) is 18.2 Å². The number of benzene rings is 2. The Morgan fingerprint density at radius 3 is 2.71 bits per heavy atom. The number of aliphatic imine (C=N–C) groups is 1. The van der Waals surface area contributed by atoms with E-state index in [1.807, 2.05) is 0 Å². The summed E-state index contributed by atoms with van der Waals surface area (Å²) in [5, 5.41) is 2.53. The number of halogens is 2. The predicted octanol–water partition coefficient (Wildman–Crippen LogP) is 2.08. The zero-order valence-electron chi connectivity index (χ0n) is 14.1. The molecule has 2 heterocycles. The molecule has 0 spiro atoms. The first-order valence-electron chi connectivity index (χ1n) is 8.10. The first kappa shape index (κ1) is 18.2. The van der Waals surface area contributed by atoms with Crippen LogP contribution in [0.1, 0.15) is 12.0 Å². The monoisotopic (exact) mass is 409 g/mol. The van der Waals surface area contributed by atoms with E-state index in [-0.39, 0.29) is 40.9 Å². The smallest absolute Gasteiger partial charge is 0.395 e. The lowest BCUT2D eigenvalue weighted by atomic mass is 10.2. The van der Waals surface area contributed by atoms with Crippen molar-refractivity contribution < 1.29 is 31.5 Å². The van der Waals surface area contributed by atoms with Gasteiger partial charge in [0.1, 0.15) is 5.84 Å². The molecule has 0 saturated heterocycles. The van der Waals surface area contributed by atoms with E-state index in [0.717, 1.165) is 0 Å². The van der Waals surface area contributed by atoms with Gasteiger partial charge in [-0.15, -0.1) is 8.78 Å². The summed E-state index contributed by atoms with van der Waals surface area (Å²) in [6, 6.07) is 10.3. The number of carbonyl (C=O) groups excluding carboxylic acids is 1. The van der Waals surface area contributed by atoms with Gasteiger partial charge in [0.2, 0.25) is 5.91 Å². The third-order valence-electron chi connectivity index (χ3n) is 3.96. The molecular weight excluding hydrogens is 396 g/mol. The van der Waals surface area contributed by atoms with Crippen molar-refractivity contribution in [3.05, 3.63) is 48.0 Å². The molecule has 2 aromatic carbocycles. The van der Waals surface area contributed by atoms with Gasteiger partial charge in [-0.05, 0) is 24.3 Å². The standard InChI is InChI=1S/C17H13F2N3O5S/c18-17(19)26-12-6-5-10(9-13(12)27-17)21-15(23)7-8-20-16-11-3-1-2-4-14(11)28(24,25)22-16/h1-6,9H,7-8H2,(H,20,22)(H,21,23). The Hall–Kier alpha value is -3.21. The van der Waals surface area contributed by atoms with Gasteiger partial charge < -0.3 is 14.8 Å². The largest absolute Gasteiger partial charge is 0.586 e. The van der Waals surface area contributed by atoms with Crippen LogP contribution in [-0.4, -0.2) is 33.0 Å². The number of anilines is 1. The van der Waals surface area contributed by atoms with Gasteiger partial charge in [0.05, 0.1) is 11.4 Å². The third kappa shape index (κ3) is 3.48. The number of ether oxygens (including phenoxy) is 2. The molecule has 0 aliphatic carbocycles. The average molecular weight is 409 g/mol. The van der Waals surface area contributed by atoms with E-state index in [2.05, 4.69) is 24.5 Å². The highest BCUT2D eigenvalue weighted by Crippen LogP contribution is 2.42. The second kappa shape index (κ2) is 6.44. The van der Waals surface area contributed by atoms with Crippen molar-refractivity contribution in [3.63, 3.8) is 0 Å². The number of hydrogen-bond acceptors (Lipinski definition) is 6. The predicted molar refractivity (Wildman–Crippen MR) is 94.1 cm³/mol. The molecule has 146 valence electrons. The molecule has 2 aromatic rings. The summed E-state index contributed by atoms with van der Waals surface area (Å²) in [4.78, 5) is 16.3. The van der Waals surface area contributed by atoms with Crippen LogP contribution < -0.4 is 19.5 Å². The quantitative estimate of drug-likeness (QED) is 0.804. The SMILES string of the molecule is O=C(CCN=C1NS(=O)(=O)c2ccccc21)Nc1ccc2c(c1)OC(F)(F)O2. The van der Waals surface area contributed by atoms with Gasteiger partial charge >= 0.3 is 6.29 Å². The Morgan fingerprint density at radius 1 is 1.14 bits per heavy atom. The van der Waals surface area contributed by atoms with Crippen molar-refractivity contribution in [2.45, 2.75) is 17.6 Å². The van der Waals surface area contributed by atoms with Crippen LogP contribution in [0.5, 0.6) is 11.5 Å². The highest BCUT2D eigenvalue weighted by Gasteiger charge is 2.43. The molecule has 8 nitrogen and oxygen atoms in total. The zero-order chi connectivity index (χ0) is 19.9. The Morgan fingerprint density at radius 2 is 1.89 bits per heavy atom. The lowest BCUT2D eigenvalue weighted by Gasteiger charge is -2.05. The van der Waals surface area contributed by atoms with Gasteiger partial charge in [0, 0.05) is 23.7 Å². The van der Waals surface area contributed by atoms with Crippen LogP contribution in [-0.2, 0) is 14.8 Å². The van der Waals surface area contributed by atoms with Gasteiger partial charge in [-0.2, -0.15) is 0 Å². The molecule has 0 bridgehead atoms. The van der Waals surface area contributed by atoms with Crippen LogP contribution in [0.4, 0.5) is 14.5 Å². The first-order chi connectivity index (χ1) is 13.2. The molecule has 0 aromatic heterocycles. The maximum Gasteiger partial charge on any atom is 0.586 e. The Bertz CT molecular complexity index is 1100. The Labute approximate surface area is 158 Å². The van der Waals surface area contributed by atoms with Gasteiger partial charge in [-0.3, -0.25) is 14.5 Å². The molecule has 0 saturated carbocycles. The van der Waals surface area contributed by atoms with Crippen molar-refractivity contribution in [1.29, 1.82) is 0 Å². The second-order valence-electron chi connectivity index (χ2n) is 5.96. The fourth-order valence-electron chi connectivity index (χ4n) is 2.77. The van der Waals surface area contributed by atoms with Crippen molar-refractivity contribution in [1.82, 2.24) is 4.72 Å². The lowest BCUT2D eigenvalue weighted by Crippen LogP contribution is -2.25. The summed E-state index contributed by atoms with van der Waals surface area (Å²) < 4.78 is 61.0. The minimum Gasteiger partial charge on any atom is -0.395 e. The van der Waals surface area contributed by atoms with E-state index in [1.165, 1.54) is 24.3 Å². The summed E-state index contributed by atoms with van der Waals surface area (Å²) in [5.41, 5.74) is 0.698. The molecule has 28 heavy (non-hydrogen) atoms. The van der Waals surface area contributed by atoms with Crippen LogP contribution in [0.2, 0.25) is 0 Å². The van der Waals surface area contributed by atoms with Gasteiger partial charge in [0.25, 0.3) is 10.0 Å². The number of rotatable bonds is 4. The molecule has 2 N–H and O–H groups in total. The molecule has 0 unspecified atom stereocenters. The number of nitrogens with zero attached hydrogens (tertiary/aromatic N) is 1. The van der Waals surface area contributed by atoms with E-state index in [9.17, 15) is 22.0 Å². The number of amides is 1. The van der Waals surface area contributed by atoms with E-state index in [4.69, 9.17) is 0 Å². The molecular formula is C17H13F2N3O5S. The number of carbonyl (C=O) groups is 1. The summed E-state index contributed by atoms with van der Waals surface area (Å²) >= 11 is 0. The van der Waals surface area contributed by atoms with E-state index >= 15 is 0 Å². The molecule has 0 radical (unpaired) electrons. The third-order valence-corrected chi connectivity index (χ3v) is 5.35. The van der Waals surface area contributed by atoms with Gasteiger partial charge in [0.15, 0.2) is 11.5 Å². The summed E-state index contributed by atoms with van der Waals surface area (Å²) in [7, 11) is -3.64. The average Bonchev–Trinajstić information content (AvgIpc) is 3.07. The van der Waals surface area contributed by atoms with Crippen molar-refractivity contribution in [2.24, 2.45) is 4.99 Å². The fraction of sp³-hybridized carbons (Fsp3) is 0.176. The Balaban J connectivity index is 1.38. The number of amidine groups is 1. The number of nitrogens with one attached hydrogen (secondary N) is 2. The normalized spacial score (nSPS) is 19.1. The van der Waals surface area contributed by atoms with Crippen molar-refractivity contribution in [2.75, 3.05) is 11.9 Å². The number of alkyl halides is 2. The highest BCUT2D eigenvalue weighted by atomic mass is 32.2. The van der Waals surface area contributed by atoms with Crippen molar-refractivity contribution >= 4 is 27.5 Å². The minimum atomic E-state index is -3.73. The second-order valence-corrected chi connectivity index (χ2v) is 7.61. The van der Waals surface area contributed by atoms with Crippen LogP contribution >= 0.6 is 0 Å². The first-order valence-corrected chi connectivity index (χ1v) is 9.58. The highest BCUT2D eigenvalue weighted by molar-refractivity contribution is 7.90.